The number of esters is 1. The highest BCUT2D eigenvalue weighted by Crippen LogP contribution is 2.50. The van der Waals surface area contributed by atoms with Crippen LogP contribution in [0, 0.1) is 11.8 Å². The molecular formula is C16H20N2O5S. The number of furan rings is 1. The maximum absolute atomic E-state index is 12.7. The van der Waals surface area contributed by atoms with E-state index >= 15 is 0 Å². The molecule has 3 heterocycles. The van der Waals surface area contributed by atoms with Gasteiger partial charge in [0.1, 0.15) is 11.3 Å². The predicted octanol–water partition coefficient (Wildman–Crippen LogP) is 0.820. The van der Waals surface area contributed by atoms with Crippen molar-refractivity contribution < 1.29 is 23.5 Å². The molecule has 1 aromatic rings. The van der Waals surface area contributed by atoms with Crippen LogP contribution in [0.3, 0.4) is 0 Å². The Balaban J connectivity index is 2.10. The molecule has 0 radical (unpaired) electrons. The van der Waals surface area contributed by atoms with Gasteiger partial charge in [0.15, 0.2) is 0 Å². The van der Waals surface area contributed by atoms with Gasteiger partial charge in [-0.25, -0.2) is 0 Å². The van der Waals surface area contributed by atoms with Gasteiger partial charge in [-0.05, 0) is 30.6 Å². The number of rotatable bonds is 5. The van der Waals surface area contributed by atoms with Crippen molar-refractivity contribution in [1.82, 2.24) is 10.2 Å². The lowest BCUT2D eigenvalue weighted by atomic mass is 9.78. The number of carbonyl (C=O) groups excluding carboxylic acids is 3. The highest BCUT2D eigenvalue weighted by atomic mass is 32.2. The fourth-order valence-electron chi connectivity index (χ4n) is 3.82. The zero-order chi connectivity index (χ0) is 17.5. The van der Waals surface area contributed by atoms with Crippen LogP contribution in [0.1, 0.15) is 18.2 Å². The van der Waals surface area contributed by atoms with Crippen molar-refractivity contribution in [3.8, 4) is 0 Å². The first kappa shape index (κ1) is 17.0. The quantitative estimate of drug-likeness (QED) is 0.620. The summed E-state index contributed by atoms with van der Waals surface area (Å²) in [6.45, 7) is 0. The number of hydrogen-bond acceptors (Lipinski definition) is 7. The molecule has 1 aromatic heterocycles. The molecule has 0 unspecified atom stereocenters. The van der Waals surface area contributed by atoms with E-state index in [9.17, 15) is 14.4 Å². The van der Waals surface area contributed by atoms with Crippen molar-refractivity contribution in [2.45, 2.75) is 18.0 Å². The van der Waals surface area contributed by atoms with Gasteiger partial charge >= 0.3 is 5.97 Å². The summed E-state index contributed by atoms with van der Waals surface area (Å²) in [4.78, 5) is 39.1. The largest absolute Gasteiger partial charge is 0.468 e. The van der Waals surface area contributed by atoms with Crippen LogP contribution in [0.25, 0.3) is 0 Å². The second-order valence-electron chi connectivity index (χ2n) is 6.08. The van der Waals surface area contributed by atoms with Crippen LogP contribution < -0.4 is 5.32 Å². The lowest BCUT2D eigenvalue weighted by molar-refractivity contribution is -0.154. The molecule has 0 aliphatic carbocycles. The average molecular weight is 352 g/mol. The van der Waals surface area contributed by atoms with Crippen molar-refractivity contribution in [2.24, 2.45) is 11.8 Å². The van der Waals surface area contributed by atoms with E-state index in [1.807, 2.05) is 6.26 Å². The molecule has 7 nitrogen and oxygen atoms in total. The molecule has 8 heteroatoms. The third-order valence-electron chi connectivity index (χ3n) is 4.97. The van der Waals surface area contributed by atoms with Crippen LogP contribution in [-0.4, -0.2) is 54.4 Å². The first-order valence-electron chi connectivity index (χ1n) is 7.67. The van der Waals surface area contributed by atoms with Crippen molar-refractivity contribution in [3.63, 3.8) is 0 Å². The Morgan fingerprint density at radius 3 is 2.79 bits per heavy atom. The van der Waals surface area contributed by atoms with Gasteiger partial charge in [-0.2, -0.15) is 11.8 Å². The lowest BCUT2D eigenvalue weighted by Gasteiger charge is -2.31. The van der Waals surface area contributed by atoms with Gasteiger partial charge in [-0.3, -0.25) is 24.6 Å². The van der Waals surface area contributed by atoms with E-state index in [1.54, 1.807) is 23.9 Å². The molecular weight excluding hydrogens is 332 g/mol. The normalized spacial score (nSPS) is 32.3. The highest BCUT2D eigenvalue weighted by Gasteiger charge is 2.68. The zero-order valence-corrected chi connectivity index (χ0v) is 14.6. The summed E-state index contributed by atoms with van der Waals surface area (Å²) in [6, 6.07) is 2.93. The molecule has 0 spiro atoms. The first-order chi connectivity index (χ1) is 11.5. The Morgan fingerprint density at radius 2 is 2.21 bits per heavy atom. The predicted molar refractivity (Wildman–Crippen MR) is 87.1 cm³/mol. The van der Waals surface area contributed by atoms with Crippen LogP contribution in [0.2, 0.25) is 0 Å². The number of nitrogens with zero attached hydrogens (tertiary/aromatic N) is 1. The number of likely N-dealkylation sites (tertiary alicyclic amines) is 1. The van der Waals surface area contributed by atoms with Crippen LogP contribution in [0.4, 0.5) is 0 Å². The highest BCUT2D eigenvalue weighted by molar-refractivity contribution is 7.98. The molecule has 130 valence electrons. The number of thioether (sulfide) groups is 1. The third-order valence-corrected chi connectivity index (χ3v) is 5.59. The van der Waals surface area contributed by atoms with E-state index in [0.29, 0.717) is 17.9 Å². The monoisotopic (exact) mass is 352 g/mol. The number of imide groups is 1. The van der Waals surface area contributed by atoms with Crippen molar-refractivity contribution in [2.75, 3.05) is 26.2 Å². The van der Waals surface area contributed by atoms with Crippen LogP contribution in [0.15, 0.2) is 22.8 Å². The fourth-order valence-corrected chi connectivity index (χ4v) is 4.35. The minimum Gasteiger partial charge on any atom is -0.468 e. The fraction of sp³-hybridized carbons (Fsp3) is 0.562. The Bertz CT molecular complexity index is 661. The van der Waals surface area contributed by atoms with E-state index in [0.717, 1.165) is 4.90 Å². The lowest BCUT2D eigenvalue weighted by Crippen LogP contribution is -2.56. The standard InChI is InChI=1S/C16H20N2O5S/c1-18-13(19)10-11(14(18)20)16(6-8-24-3,15(21)22-2)17-12(10)9-5-4-7-23-9/h4-5,7,10-12,17H,6,8H2,1-3H3/t10-,11+,12+,16-/m1/s1. The SMILES string of the molecule is COC(=O)[C@]1(CCSC)N[C@@H](c2ccco2)[C@@H]2C(=O)N(C)C(=O)[C@H]21. The van der Waals surface area contributed by atoms with Gasteiger partial charge < -0.3 is 9.15 Å². The smallest absolute Gasteiger partial charge is 0.326 e. The van der Waals surface area contributed by atoms with Gasteiger partial charge in [-0.1, -0.05) is 0 Å². The first-order valence-corrected chi connectivity index (χ1v) is 9.07. The summed E-state index contributed by atoms with van der Waals surface area (Å²) >= 11 is 1.57. The van der Waals surface area contributed by atoms with Crippen molar-refractivity contribution >= 4 is 29.5 Å². The summed E-state index contributed by atoms with van der Waals surface area (Å²) in [5.74, 6) is -1.43. The second kappa shape index (κ2) is 6.25. The summed E-state index contributed by atoms with van der Waals surface area (Å²) in [5, 5.41) is 3.23. The maximum atomic E-state index is 12.7. The Hall–Kier alpha value is -1.80. The maximum Gasteiger partial charge on any atom is 0.326 e. The molecule has 2 fully saturated rings. The molecule has 2 aliphatic rings. The minimum absolute atomic E-state index is 0.297. The van der Waals surface area contributed by atoms with Crippen molar-refractivity contribution in [1.29, 1.82) is 0 Å². The van der Waals surface area contributed by atoms with E-state index in [-0.39, 0.29) is 11.8 Å². The molecule has 1 N–H and O–H groups in total. The third kappa shape index (κ3) is 2.28. The van der Waals surface area contributed by atoms with E-state index < -0.39 is 29.4 Å². The summed E-state index contributed by atoms with van der Waals surface area (Å²) in [5.41, 5.74) is -1.22. The minimum atomic E-state index is -1.22. The van der Waals surface area contributed by atoms with E-state index in [2.05, 4.69) is 5.32 Å². The molecule has 0 aromatic carbocycles. The molecule has 0 bridgehead atoms. The van der Waals surface area contributed by atoms with Gasteiger partial charge in [0, 0.05) is 7.05 Å². The number of fused-ring (bicyclic) bond motifs is 1. The number of nitrogens with one attached hydrogen (secondary N) is 1. The number of amides is 2. The molecule has 4 atom stereocenters. The topological polar surface area (TPSA) is 88.8 Å². The Kier molecular flexibility index (Phi) is 4.44. The molecule has 24 heavy (non-hydrogen) atoms. The van der Waals surface area contributed by atoms with Gasteiger partial charge in [-0.15, -0.1) is 0 Å². The molecule has 3 rings (SSSR count). The van der Waals surface area contributed by atoms with E-state index in [4.69, 9.17) is 9.15 Å². The zero-order valence-electron chi connectivity index (χ0n) is 13.8. The summed E-state index contributed by atoms with van der Waals surface area (Å²) in [7, 11) is 2.75. The molecule has 2 amide bonds. The van der Waals surface area contributed by atoms with Crippen LogP contribution >= 0.6 is 11.8 Å². The second-order valence-corrected chi connectivity index (χ2v) is 7.07. The number of methoxy groups -OCH3 is 1. The number of hydrogen-bond donors (Lipinski definition) is 1. The Labute approximate surface area is 144 Å². The van der Waals surface area contributed by atoms with Crippen LogP contribution in [-0.2, 0) is 19.1 Å². The molecule has 2 aliphatic heterocycles. The van der Waals surface area contributed by atoms with Gasteiger partial charge in [0.2, 0.25) is 11.8 Å². The van der Waals surface area contributed by atoms with Gasteiger partial charge in [0.25, 0.3) is 0 Å². The molecule has 0 saturated carbocycles. The molecule has 2 saturated heterocycles. The summed E-state index contributed by atoms with van der Waals surface area (Å²) < 4.78 is 10.5. The summed E-state index contributed by atoms with van der Waals surface area (Å²) in [6.07, 6.45) is 3.83. The van der Waals surface area contributed by atoms with Crippen molar-refractivity contribution in [3.05, 3.63) is 24.2 Å². The van der Waals surface area contributed by atoms with Gasteiger partial charge in [0.05, 0.1) is 31.3 Å². The van der Waals surface area contributed by atoms with Crippen LogP contribution in [0.5, 0.6) is 0 Å². The van der Waals surface area contributed by atoms with E-state index in [1.165, 1.54) is 20.4 Å². The number of carbonyl (C=O) groups is 3. The number of ether oxygens (including phenoxy) is 1. The average Bonchev–Trinajstić information content (AvgIpc) is 3.27. The Morgan fingerprint density at radius 1 is 1.46 bits per heavy atom.